The number of ether oxygens (including phenoxy) is 1. The van der Waals surface area contributed by atoms with Crippen molar-refractivity contribution in [2.24, 2.45) is 4.99 Å². The van der Waals surface area contributed by atoms with Crippen LogP contribution in [0, 0.1) is 0 Å². The fourth-order valence-corrected chi connectivity index (χ4v) is 6.11. The highest BCUT2D eigenvalue weighted by atomic mass is 16.5. The van der Waals surface area contributed by atoms with Crippen LogP contribution in [0.2, 0.25) is 0 Å². The van der Waals surface area contributed by atoms with E-state index in [0.717, 1.165) is 48.3 Å². The van der Waals surface area contributed by atoms with E-state index in [2.05, 4.69) is 15.4 Å². The number of nitrogens with zero attached hydrogens (tertiary/aromatic N) is 5. The van der Waals surface area contributed by atoms with Gasteiger partial charge < -0.3 is 14.5 Å². The minimum absolute atomic E-state index is 0.0544. The average Bonchev–Trinajstić information content (AvgIpc) is 3.55. The van der Waals surface area contributed by atoms with Gasteiger partial charge in [-0.15, -0.1) is 0 Å². The topological polar surface area (TPSA) is 109 Å². The van der Waals surface area contributed by atoms with Crippen LogP contribution in [0.5, 0.6) is 0 Å². The van der Waals surface area contributed by atoms with Gasteiger partial charge in [0.1, 0.15) is 6.04 Å². The van der Waals surface area contributed by atoms with Gasteiger partial charge in [0.2, 0.25) is 5.91 Å². The molecule has 188 valence electrons. The summed E-state index contributed by atoms with van der Waals surface area (Å²) in [6.45, 7) is 3.03. The lowest BCUT2D eigenvalue weighted by Crippen LogP contribution is -2.49. The molecule has 5 aliphatic heterocycles. The van der Waals surface area contributed by atoms with Crippen LogP contribution < -0.4 is 10.2 Å². The summed E-state index contributed by atoms with van der Waals surface area (Å²) in [6.07, 6.45) is 8.55. The number of fused-ring (bicyclic) bond motifs is 1. The van der Waals surface area contributed by atoms with Crippen LogP contribution in [0.3, 0.4) is 0 Å². The first kappa shape index (κ1) is 22.2. The molecular weight excluding hydrogens is 472 g/mol. The Morgan fingerprint density at radius 1 is 1.03 bits per heavy atom. The molecule has 0 aliphatic carbocycles. The number of morpholine rings is 1. The lowest BCUT2D eigenvalue weighted by molar-refractivity contribution is -0.136. The van der Waals surface area contributed by atoms with Crippen LogP contribution in [0.15, 0.2) is 47.4 Å². The van der Waals surface area contributed by atoms with E-state index in [-0.39, 0.29) is 11.5 Å². The third-order valence-corrected chi connectivity index (χ3v) is 7.84. The van der Waals surface area contributed by atoms with Gasteiger partial charge in [-0.05, 0) is 24.8 Å². The molecule has 1 N–H and O–H groups in total. The third-order valence-electron chi connectivity index (χ3n) is 7.84. The molecule has 2 aromatic rings. The van der Waals surface area contributed by atoms with Crippen molar-refractivity contribution < 1.29 is 19.1 Å². The van der Waals surface area contributed by atoms with Crippen molar-refractivity contribution in [1.29, 1.82) is 0 Å². The van der Waals surface area contributed by atoms with Crippen LogP contribution in [0.4, 0.5) is 5.69 Å². The number of anilines is 1. The summed E-state index contributed by atoms with van der Waals surface area (Å²) in [5.41, 5.74) is 5.29. The largest absolute Gasteiger partial charge is 0.378 e. The SMILES string of the molecule is O=C1NC(=O)C(c2cnn3c2CCCC3)=C1C1=NC=CN2c3c(cccc31)CC2C(=O)N1CCOCC1. The number of benzene rings is 1. The highest BCUT2D eigenvalue weighted by molar-refractivity contribution is 6.48. The monoisotopic (exact) mass is 498 g/mol. The third kappa shape index (κ3) is 3.39. The zero-order valence-corrected chi connectivity index (χ0v) is 20.3. The predicted molar refractivity (Wildman–Crippen MR) is 135 cm³/mol. The van der Waals surface area contributed by atoms with Gasteiger partial charge in [0.05, 0.1) is 42.0 Å². The summed E-state index contributed by atoms with van der Waals surface area (Å²) in [6, 6.07) is 5.45. The van der Waals surface area contributed by atoms with Crippen molar-refractivity contribution in [3.63, 3.8) is 0 Å². The standard InChI is InChI=1S/C27H26N6O4/c34-25-21(18-15-29-33-8-2-1-6-19(18)33)22(26(35)30-25)23-17-5-3-4-16-14-20(32(24(16)17)9-7-28-23)27(36)31-10-12-37-13-11-31/h3-5,7,9,15,20H,1-2,6,8,10-14H2,(H,30,34,35). The summed E-state index contributed by atoms with van der Waals surface area (Å²) in [7, 11) is 0. The first-order valence-corrected chi connectivity index (χ1v) is 12.8. The molecule has 1 fully saturated rings. The number of imide groups is 1. The van der Waals surface area contributed by atoms with Crippen LogP contribution in [0.25, 0.3) is 5.57 Å². The van der Waals surface area contributed by atoms with E-state index < -0.39 is 17.9 Å². The maximum atomic E-state index is 13.5. The Hall–Kier alpha value is -4.05. The Morgan fingerprint density at radius 2 is 1.86 bits per heavy atom. The molecule has 1 atom stereocenters. The fourth-order valence-electron chi connectivity index (χ4n) is 6.11. The molecule has 1 saturated heterocycles. The number of amides is 3. The molecule has 37 heavy (non-hydrogen) atoms. The quantitative estimate of drug-likeness (QED) is 0.637. The number of hydrogen-bond donors (Lipinski definition) is 1. The van der Waals surface area contributed by atoms with Crippen molar-refractivity contribution in [1.82, 2.24) is 20.0 Å². The van der Waals surface area contributed by atoms with Gasteiger partial charge in [-0.3, -0.25) is 29.4 Å². The van der Waals surface area contributed by atoms with Crippen molar-refractivity contribution >= 4 is 34.7 Å². The Kier molecular flexibility index (Phi) is 5.10. The number of aromatic nitrogens is 2. The molecule has 6 heterocycles. The summed E-state index contributed by atoms with van der Waals surface area (Å²) in [5.74, 6) is -0.839. The van der Waals surface area contributed by atoms with Gasteiger partial charge >= 0.3 is 0 Å². The lowest BCUT2D eigenvalue weighted by Gasteiger charge is -2.32. The molecule has 3 amide bonds. The van der Waals surface area contributed by atoms with E-state index in [1.54, 1.807) is 12.4 Å². The Labute approximate surface area is 213 Å². The van der Waals surface area contributed by atoms with Crippen molar-refractivity contribution in [3.8, 4) is 0 Å². The Morgan fingerprint density at radius 3 is 2.73 bits per heavy atom. The first-order chi connectivity index (χ1) is 18.1. The summed E-state index contributed by atoms with van der Waals surface area (Å²) in [5, 5.41) is 6.98. The average molecular weight is 499 g/mol. The molecule has 7 rings (SSSR count). The molecule has 10 nitrogen and oxygen atoms in total. The summed E-state index contributed by atoms with van der Waals surface area (Å²) in [4.78, 5) is 48.3. The molecule has 1 aromatic heterocycles. The number of rotatable bonds is 3. The predicted octanol–water partition coefficient (Wildman–Crippen LogP) is 1.19. The summed E-state index contributed by atoms with van der Waals surface area (Å²) >= 11 is 0. The van der Waals surface area contributed by atoms with Crippen molar-refractivity contribution in [3.05, 3.63) is 64.8 Å². The second kappa shape index (κ2) is 8.52. The van der Waals surface area contributed by atoms with E-state index in [9.17, 15) is 14.4 Å². The zero-order chi connectivity index (χ0) is 25.1. The maximum Gasteiger partial charge on any atom is 0.261 e. The smallest absolute Gasteiger partial charge is 0.261 e. The number of para-hydroxylation sites is 1. The number of hydrogen-bond acceptors (Lipinski definition) is 7. The van der Waals surface area contributed by atoms with Crippen LogP contribution >= 0.6 is 0 Å². The van der Waals surface area contributed by atoms with Crippen LogP contribution in [0.1, 0.15) is 35.2 Å². The van der Waals surface area contributed by atoms with Crippen LogP contribution in [-0.2, 0) is 38.5 Å². The molecule has 0 saturated carbocycles. The van der Waals surface area contributed by atoms with Gasteiger partial charge in [0, 0.05) is 55.3 Å². The van der Waals surface area contributed by atoms with E-state index in [4.69, 9.17) is 4.74 Å². The fraction of sp³-hybridized carbons (Fsp3) is 0.370. The van der Waals surface area contributed by atoms with Gasteiger partial charge in [0.25, 0.3) is 11.8 Å². The highest BCUT2D eigenvalue weighted by Crippen LogP contribution is 2.41. The minimum atomic E-state index is -0.465. The van der Waals surface area contributed by atoms with E-state index in [0.29, 0.717) is 49.6 Å². The van der Waals surface area contributed by atoms with Crippen molar-refractivity contribution in [2.45, 2.75) is 38.3 Å². The lowest BCUT2D eigenvalue weighted by atomic mass is 9.92. The van der Waals surface area contributed by atoms with Crippen molar-refractivity contribution in [2.75, 3.05) is 31.2 Å². The molecular formula is C27H26N6O4. The van der Waals surface area contributed by atoms with Gasteiger partial charge in [-0.2, -0.15) is 5.10 Å². The molecule has 5 aliphatic rings. The first-order valence-electron chi connectivity index (χ1n) is 12.8. The molecule has 1 aromatic carbocycles. The number of carbonyl (C=O) groups excluding carboxylic acids is 3. The zero-order valence-electron chi connectivity index (χ0n) is 20.3. The van der Waals surface area contributed by atoms with E-state index in [1.165, 1.54) is 0 Å². The minimum Gasteiger partial charge on any atom is -0.378 e. The van der Waals surface area contributed by atoms with Gasteiger partial charge in [-0.25, -0.2) is 0 Å². The number of aryl methyl sites for hydroxylation is 1. The number of nitrogens with one attached hydrogen (secondary N) is 1. The molecule has 0 radical (unpaired) electrons. The normalized spacial score (nSPS) is 22.6. The second-order valence-electron chi connectivity index (χ2n) is 9.87. The molecule has 10 heteroatoms. The number of aliphatic imine (C=N–C) groups is 1. The Balaban J connectivity index is 1.33. The Bertz CT molecular complexity index is 1440. The number of carbonyl (C=O) groups is 3. The molecule has 0 bridgehead atoms. The highest BCUT2D eigenvalue weighted by Gasteiger charge is 2.42. The molecule has 1 unspecified atom stereocenters. The second-order valence-corrected chi connectivity index (χ2v) is 9.87. The maximum absolute atomic E-state index is 13.5. The van der Waals surface area contributed by atoms with Crippen LogP contribution in [-0.4, -0.2) is 70.5 Å². The summed E-state index contributed by atoms with van der Waals surface area (Å²) < 4.78 is 7.36. The van der Waals surface area contributed by atoms with E-state index >= 15 is 0 Å². The van der Waals surface area contributed by atoms with Gasteiger partial charge in [0.15, 0.2) is 0 Å². The van der Waals surface area contributed by atoms with Gasteiger partial charge in [-0.1, -0.05) is 18.2 Å². The molecule has 0 spiro atoms. The van der Waals surface area contributed by atoms with E-state index in [1.807, 2.05) is 38.9 Å².